The van der Waals surface area contributed by atoms with E-state index < -0.39 is 0 Å². The molecule has 2 aliphatic carbocycles. The van der Waals surface area contributed by atoms with Gasteiger partial charge in [-0.25, -0.2) is 0 Å². The Bertz CT molecular complexity index is 610. The highest BCUT2D eigenvalue weighted by Gasteiger charge is 2.28. The molecule has 154 valence electrons. The quantitative estimate of drug-likeness (QED) is 0.378. The van der Waals surface area contributed by atoms with Gasteiger partial charge in [0.05, 0.1) is 0 Å². The number of rotatable bonds is 9. The molecule has 0 nitrogen and oxygen atoms in total. The van der Waals surface area contributed by atoms with Gasteiger partial charge in [0.15, 0.2) is 0 Å². The molecule has 0 radical (unpaired) electrons. The molecule has 0 aromatic heterocycles. The molecule has 3 rings (SSSR count). The van der Waals surface area contributed by atoms with Crippen LogP contribution in [-0.2, 0) is 12.8 Å². The van der Waals surface area contributed by atoms with Crippen LogP contribution in [0.25, 0.3) is 0 Å². The molecule has 0 N–H and O–H groups in total. The van der Waals surface area contributed by atoms with Gasteiger partial charge in [-0.3, -0.25) is 0 Å². The number of hydrogen-bond acceptors (Lipinski definition) is 0. The summed E-state index contributed by atoms with van der Waals surface area (Å²) in [4.78, 5) is 0. The summed E-state index contributed by atoms with van der Waals surface area (Å²) in [5, 5.41) is 0. The van der Waals surface area contributed by atoms with Crippen LogP contribution in [-0.4, -0.2) is 0 Å². The third-order valence-corrected chi connectivity index (χ3v) is 7.37. The van der Waals surface area contributed by atoms with Crippen molar-refractivity contribution in [1.82, 2.24) is 0 Å². The summed E-state index contributed by atoms with van der Waals surface area (Å²) in [5.74, 6) is 2.97. The minimum absolute atomic E-state index is 0.974. The van der Waals surface area contributed by atoms with Crippen molar-refractivity contribution in [3.05, 3.63) is 59.2 Å². The molecule has 0 heterocycles. The van der Waals surface area contributed by atoms with Crippen LogP contribution in [0.4, 0.5) is 0 Å². The van der Waals surface area contributed by atoms with Crippen LogP contribution >= 0.6 is 0 Å². The Morgan fingerprint density at radius 3 is 2.18 bits per heavy atom. The van der Waals surface area contributed by atoms with Crippen molar-refractivity contribution in [2.75, 3.05) is 0 Å². The van der Waals surface area contributed by atoms with Crippen molar-refractivity contribution in [1.29, 1.82) is 0 Å². The third kappa shape index (κ3) is 6.64. The molecule has 1 unspecified atom stereocenters. The maximum atomic E-state index is 2.60. The Morgan fingerprint density at radius 1 is 0.857 bits per heavy atom. The number of benzene rings is 1. The van der Waals surface area contributed by atoms with Crippen LogP contribution in [0.2, 0.25) is 0 Å². The Hall–Kier alpha value is -1.30. The van der Waals surface area contributed by atoms with Gasteiger partial charge in [0, 0.05) is 0 Å². The van der Waals surface area contributed by atoms with Crippen molar-refractivity contribution < 1.29 is 0 Å². The standard InChI is InChI=1S/C28H42/c1-3-5-6-8-24-15-19-27(20-16-24)28-21-17-26(18-22-28)14-13-25-11-9-23(7-4-2)10-12-25/h3,5,9-12,15,26-28H,4,6-8,13-14,16-22H2,1-2H3. The van der Waals surface area contributed by atoms with E-state index in [1.165, 1.54) is 89.0 Å². The SMILES string of the molecule is CC=CCCC1=CCC(C2CCC(CCc3ccc(CCC)cc3)CC2)CC1. The molecule has 0 saturated heterocycles. The van der Waals surface area contributed by atoms with Crippen LogP contribution in [0.5, 0.6) is 0 Å². The van der Waals surface area contributed by atoms with Crippen molar-refractivity contribution in [2.45, 2.75) is 97.3 Å². The molecule has 0 spiro atoms. The van der Waals surface area contributed by atoms with Crippen molar-refractivity contribution in [2.24, 2.45) is 17.8 Å². The molecule has 1 aromatic rings. The van der Waals surface area contributed by atoms with Gasteiger partial charge in [-0.15, -0.1) is 0 Å². The van der Waals surface area contributed by atoms with E-state index in [1.54, 1.807) is 11.1 Å². The molecule has 0 heteroatoms. The molecular weight excluding hydrogens is 336 g/mol. The van der Waals surface area contributed by atoms with E-state index in [1.807, 2.05) is 0 Å². The largest absolute Gasteiger partial charge is 0.0917 e. The summed E-state index contributed by atoms with van der Waals surface area (Å²) < 4.78 is 0. The van der Waals surface area contributed by atoms with Gasteiger partial charge in [0.2, 0.25) is 0 Å². The molecule has 0 amide bonds. The first-order valence-corrected chi connectivity index (χ1v) is 12.1. The highest BCUT2D eigenvalue weighted by molar-refractivity contribution is 5.22. The number of aryl methyl sites for hydroxylation is 2. The fourth-order valence-corrected chi connectivity index (χ4v) is 5.48. The molecular formula is C28H42. The van der Waals surface area contributed by atoms with E-state index in [0.29, 0.717) is 0 Å². The molecule has 2 aliphatic rings. The summed E-state index contributed by atoms with van der Waals surface area (Å²) in [7, 11) is 0. The van der Waals surface area contributed by atoms with E-state index in [9.17, 15) is 0 Å². The Balaban J connectivity index is 1.35. The molecule has 0 aliphatic heterocycles. The summed E-state index contributed by atoms with van der Waals surface area (Å²) in [6, 6.07) is 9.44. The summed E-state index contributed by atoms with van der Waals surface area (Å²) in [5.41, 5.74) is 4.77. The lowest BCUT2D eigenvalue weighted by Crippen LogP contribution is -2.23. The molecule has 28 heavy (non-hydrogen) atoms. The van der Waals surface area contributed by atoms with Gasteiger partial charge in [-0.1, -0.05) is 74.3 Å². The van der Waals surface area contributed by atoms with Crippen LogP contribution in [0.3, 0.4) is 0 Å². The molecule has 0 bridgehead atoms. The predicted molar refractivity (Wildman–Crippen MR) is 124 cm³/mol. The first-order valence-electron chi connectivity index (χ1n) is 12.1. The monoisotopic (exact) mass is 378 g/mol. The number of allylic oxidation sites excluding steroid dienone is 4. The minimum atomic E-state index is 0.974. The van der Waals surface area contributed by atoms with Gasteiger partial charge in [0.1, 0.15) is 0 Å². The highest BCUT2D eigenvalue weighted by atomic mass is 14.3. The van der Waals surface area contributed by atoms with Crippen molar-refractivity contribution in [3.8, 4) is 0 Å². The van der Waals surface area contributed by atoms with E-state index in [-0.39, 0.29) is 0 Å². The number of hydrogen-bond donors (Lipinski definition) is 0. The van der Waals surface area contributed by atoms with Gasteiger partial charge < -0.3 is 0 Å². The van der Waals surface area contributed by atoms with E-state index >= 15 is 0 Å². The lowest BCUT2D eigenvalue weighted by atomic mass is 9.70. The molecule has 1 atom stereocenters. The van der Waals surface area contributed by atoms with Crippen LogP contribution in [0.15, 0.2) is 48.1 Å². The summed E-state index contributed by atoms with van der Waals surface area (Å²) in [6.07, 6.45) is 24.9. The van der Waals surface area contributed by atoms with Crippen molar-refractivity contribution >= 4 is 0 Å². The fourth-order valence-electron chi connectivity index (χ4n) is 5.48. The maximum absolute atomic E-state index is 2.60. The zero-order valence-corrected chi connectivity index (χ0v) is 18.5. The smallest absolute Gasteiger partial charge is 0.0276 e. The molecule has 1 fully saturated rings. The van der Waals surface area contributed by atoms with Crippen LogP contribution < -0.4 is 0 Å². The van der Waals surface area contributed by atoms with Crippen LogP contribution in [0, 0.1) is 17.8 Å². The second-order valence-corrected chi connectivity index (χ2v) is 9.39. The summed E-state index contributed by atoms with van der Waals surface area (Å²) in [6.45, 7) is 4.39. The third-order valence-electron chi connectivity index (χ3n) is 7.37. The first kappa shape index (κ1) is 21.4. The highest BCUT2D eigenvalue weighted by Crippen LogP contribution is 2.41. The normalized spacial score (nSPS) is 25.8. The topological polar surface area (TPSA) is 0 Å². The average Bonchev–Trinajstić information content (AvgIpc) is 2.75. The summed E-state index contributed by atoms with van der Waals surface area (Å²) >= 11 is 0. The second-order valence-electron chi connectivity index (χ2n) is 9.39. The maximum Gasteiger partial charge on any atom is -0.0276 e. The second kappa shape index (κ2) is 11.6. The lowest BCUT2D eigenvalue weighted by molar-refractivity contribution is 0.187. The zero-order valence-electron chi connectivity index (χ0n) is 18.5. The average molecular weight is 379 g/mol. The van der Waals surface area contributed by atoms with E-state index in [0.717, 1.165) is 17.8 Å². The zero-order chi connectivity index (χ0) is 19.6. The van der Waals surface area contributed by atoms with Gasteiger partial charge >= 0.3 is 0 Å². The molecule has 1 aromatic carbocycles. The Morgan fingerprint density at radius 2 is 1.57 bits per heavy atom. The van der Waals surface area contributed by atoms with E-state index in [4.69, 9.17) is 0 Å². The van der Waals surface area contributed by atoms with Crippen molar-refractivity contribution in [3.63, 3.8) is 0 Å². The first-order chi connectivity index (χ1) is 13.8. The lowest BCUT2D eigenvalue weighted by Gasteiger charge is -2.35. The van der Waals surface area contributed by atoms with E-state index in [2.05, 4.69) is 56.3 Å². The minimum Gasteiger partial charge on any atom is -0.0917 e. The Labute approximate surface area is 174 Å². The van der Waals surface area contributed by atoms with Gasteiger partial charge in [0.25, 0.3) is 0 Å². The fraction of sp³-hybridized carbons (Fsp3) is 0.643. The Kier molecular flexibility index (Phi) is 8.90. The van der Waals surface area contributed by atoms with Gasteiger partial charge in [-0.05, 0) is 100 Å². The van der Waals surface area contributed by atoms with Gasteiger partial charge in [-0.2, -0.15) is 0 Å². The predicted octanol–water partition coefficient (Wildman–Crippen LogP) is 8.46. The van der Waals surface area contributed by atoms with Crippen LogP contribution in [0.1, 0.15) is 95.6 Å². The molecule has 1 saturated carbocycles.